The number of allylic oxidation sites excluding steroid dienone is 2. The van der Waals surface area contributed by atoms with Crippen LogP contribution in [0.5, 0.6) is 5.75 Å². The normalized spacial score (nSPS) is 11.3. The molecule has 0 aromatic heterocycles. The number of ether oxygens (including phenoxy) is 1. The minimum absolute atomic E-state index is 0.843. The van der Waals surface area contributed by atoms with Gasteiger partial charge in [-0.2, -0.15) is 0 Å². The van der Waals surface area contributed by atoms with E-state index in [0.29, 0.717) is 0 Å². The van der Waals surface area contributed by atoms with E-state index in [0.717, 1.165) is 36.0 Å². The largest absolute Gasteiger partial charge is 0.497 e. The monoisotopic (exact) mass is 246 g/mol. The third-order valence-electron chi connectivity index (χ3n) is 3.03. The molecule has 0 saturated heterocycles. The quantitative estimate of drug-likeness (QED) is 0.389. The second-order valence-electron chi connectivity index (χ2n) is 4.37. The molecule has 0 N–H and O–H groups in total. The maximum Gasteiger partial charge on any atom is 0.143 e. The minimum atomic E-state index is 0.843. The first-order valence-electron chi connectivity index (χ1n) is 6.60. The lowest BCUT2D eigenvalue weighted by molar-refractivity contribution is -0.104. The lowest BCUT2D eigenvalue weighted by Crippen LogP contribution is -1.88. The van der Waals surface area contributed by atoms with E-state index in [1.165, 1.54) is 19.3 Å². The van der Waals surface area contributed by atoms with Gasteiger partial charge in [0.05, 0.1) is 7.11 Å². The first-order valence-corrected chi connectivity index (χ1v) is 6.60. The summed E-state index contributed by atoms with van der Waals surface area (Å²) in [6.07, 6.45) is 8.37. The Morgan fingerprint density at radius 2 is 1.89 bits per heavy atom. The number of aldehydes is 1. The third kappa shape index (κ3) is 4.74. The summed E-state index contributed by atoms with van der Waals surface area (Å²) in [4.78, 5) is 10.7. The fourth-order valence-electron chi connectivity index (χ4n) is 1.95. The lowest BCUT2D eigenvalue weighted by atomic mass is 9.99. The molecule has 0 aliphatic carbocycles. The van der Waals surface area contributed by atoms with E-state index in [4.69, 9.17) is 4.74 Å². The van der Waals surface area contributed by atoms with Gasteiger partial charge in [-0.25, -0.2) is 0 Å². The Labute approximate surface area is 110 Å². The molecular weight excluding hydrogens is 224 g/mol. The summed E-state index contributed by atoms with van der Waals surface area (Å²) in [5, 5.41) is 0. The van der Waals surface area contributed by atoms with Crippen molar-refractivity contribution in [2.24, 2.45) is 0 Å². The van der Waals surface area contributed by atoms with E-state index < -0.39 is 0 Å². The smallest absolute Gasteiger partial charge is 0.143 e. The molecule has 1 rings (SSSR count). The molecule has 0 aliphatic rings. The number of hydrogen-bond donors (Lipinski definition) is 0. The first-order chi connectivity index (χ1) is 8.81. The van der Waals surface area contributed by atoms with Crippen LogP contribution in [0.4, 0.5) is 0 Å². The van der Waals surface area contributed by atoms with Gasteiger partial charge in [0, 0.05) is 0 Å². The van der Waals surface area contributed by atoms with Gasteiger partial charge in [-0.1, -0.05) is 38.3 Å². The highest BCUT2D eigenvalue weighted by atomic mass is 16.5. The van der Waals surface area contributed by atoms with Crippen molar-refractivity contribution in [2.45, 2.75) is 39.0 Å². The maximum absolute atomic E-state index is 10.7. The first kappa shape index (κ1) is 14.5. The van der Waals surface area contributed by atoms with Crippen LogP contribution in [0.1, 0.15) is 44.6 Å². The Kier molecular flexibility index (Phi) is 6.85. The number of carbonyl (C=O) groups excluding carboxylic acids is 1. The maximum atomic E-state index is 10.7. The van der Waals surface area contributed by atoms with Crippen molar-refractivity contribution in [3.63, 3.8) is 0 Å². The predicted molar refractivity (Wildman–Crippen MR) is 75.8 cm³/mol. The van der Waals surface area contributed by atoms with Gasteiger partial charge in [0.1, 0.15) is 12.0 Å². The van der Waals surface area contributed by atoms with E-state index in [1.807, 2.05) is 24.3 Å². The number of benzene rings is 1. The molecule has 0 heterocycles. The second kappa shape index (κ2) is 8.51. The van der Waals surface area contributed by atoms with Crippen LogP contribution in [0.15, 0.2) is 30.3 Å². The van der Waals surface area contributed by atoms with E-state index in [2.05, 4.69) is 6.92 Å². The molecule has 1 aromatic carbocycles. The topological polar surface area (TPSA) is 26.3 Å². The number of carbonyl (C=O) groups is 1. The molecule has 1 aromatic rings. The molecule has 0 amide bonds. The van der Waals surface area contributed by atoms with Crippen molar-refractivity contribution in [2.75, 3.05) is 7.11 Å². The molecule has 0 aliphatic heterocycles. The van der Waals surface area contributed by atoms with Gasteiger partial charge in [0.15, 0.2) is 0 Å². The molecule has 0 fully saturated rings. The molecule has 2 nitrogen and oxygen atoms in total. The molecule has 0 radical (unpaired) electrons. The van der Waals surface area contributed by atoms with E-state index >= 15 is 0 Å². The van der Waals surface area contributed by atoms with Crippen LogP contribution in [0.25, 0.3) is 5.57 Å². The zero-order valence-electron chi connectivity index (χ0n) is 11.3. The summed E-state index contributed by atoms with van der Waals surface area (Å²) in [5.74, 6) is 0.843. The van der Waals surface area contributed by atoms with Crippen LogP contribution in [-0.2, 0) is 4.79 Å². The molecule has 0 saturated carbocycles. The van der Waals surface area contributed by atoms with E-state index in [9.17, 15) is 4.79 Å². The summed E-state index contributed by atoms with van der Waals surface area (Å²) in [6.45, 7) is 2.20. The van der Waals surface area contributed by atoms with Crippen LogP contribution in [0, 0.1) is 0 Å². The molecule has 98 valence electrons. The van der Waals surface area contributed by atoms with Crippen molar-refractivity contribution in [3.8, 4) is 5.75 Å². The zero-order valence-corrected chi connectivity index (χ0v) is 11.3. The van der Waals surface area contributed by atoms with Gasteiger partial charge in [-0.05, 0) is 42.2 Å². The van der Waals surface area contributed by atoms with Gasteiger partial charge in [0.25, 0.3) is 0 Å². The van der Waals surface area contributed by atoms with Crippen LogP contribution >= 0.6 is 0 Å². The van der Waals surface area contributed by atoms with Crippen molar-refractivity contribution < 1.29 is 9.53 Å². The minimum Gasteiger partial charge on any atom is -0.497 e. The number of hydrogen-bond acceptors (Lipinski definition) is 2. The van der Waals surface area contributed by atoms with E-state index in [1.54, 1.807) is 13.2 Å². The average molecular weight is 246 g/mol. The average Bonchev–Trinajstić information content (AvgIpc) is 2.42. The predicted octanol–water partition coefficient (Wildman–Crippen LogP) is 4.25. The second-order valence-corrected chi connectivity index (χ2v) is 4.37. The molecule has 0 bridgehead atoms. The molecule has 0 unspecified atom stereocenters. The highest BCUT2D eigenvalue weighted by Gasteiger charge is 2.02. The van der Waals surface area contributed by atoms with Crippen molar-refractivity contribution in [3.05, 3.63) is 35.9 Å². The van der Waals surface area contributed by atoms with Crippen LogP contribution < -0.4 is 4.74 Å². The molecule has 18 heavy (non-hydrogen) atoms. The lowest BCUT2D eigenvalue weighted by Gasteiger charge is -2.08. The number of methoxy groups -OCH3 is 1. The summed E-state index contributed by atoms with van der Waals surface area (Å²) in [6, 6.07) is 7.88. The summed E-state index contributed by atoms with van der Waals surface area (Å²) in [5.41, 5.74) is 2.23. The fraction of sp³-hybridized carbons (Fsp3) is 0.438. The highest BCUT2D eigenvalue weighted by Crippen LogP contribution is 2.23. The zero-order chi connectivity index (χ0) is 13.2. The van der Waals surface area contributed by atoms with Gasteiger partial charge in [0.2, 0.25) is 0 Å². The molecular formula is C16H22O2. The standard InChI is InChI=1S/C16H22O2/c1-3-4-5-6-7-14(12-13-17)15-8-10-16(18-2)11-9-15/h8-13H,3-7H2,1-2H3/b14-12+. The van der Waals surface area contributed by atoms with Crippen LogP contribution in [-0.4, -0.2) is 13.4 Å². The Hall–Kier alpha value is -1.57. The van der Waals surface area contributed by atoms with E-state index in [-0.39, 0.29) is 0 Å². The van der Waals surface area contributed by atoms with Gasteiger partial charge in [-0.3, -0.25) is 4.79 Å². The van der Waals surface area contributed by atoms with Gasteiger partial charge in [-0.15, -0.1) is 0 Å². The summed E-state index contributed by atoms with van der Waals surface area (Å²) < 4.78 is 5.13. The Morgan fingerprint density at radius 1 is 1.17 bits per heavy atom. The molecule has 0 atom stereocenters. The van der Waals surface area contributed by atoms with Crippen molar-refractivity contribution >= 4 is 11.9 Å². The summed E-state index contributed by atoms with van der Waals surface area (Å²) >= 11 is 0. The van der Waals surface area contributed by atoms with Crippen molar-refractivity contribution in [1.29, 1.82) is 0 Å². The van der Waals surface area contributed by atoms with Crippen LogP contribution in [0.3, 0.4) is 0 Å². The number of rotatable bonds is 8. The highest BCUT2D eigenvalue weighted by molar-refractivity contribution is 5.81. The van der Waals surface area contributed by atoms with Crippen LogP contribution in [0.2, 0.25) is 0 Å². The molecule has 0 spiro atoms. The Bertz CT molecular complexity index is 377. The molecule has 2 heteroatoms. The SMILES string of the molecule is CCCCCC/C(=C\C=O)c1ccc(OC)cc1. The fourth-order valence-corrected chi connectivity index (χ4v) is 1.95. The van der Waals surface area contributed by atoms with Crippen molar-refractivity contribution in [1.82, 2.24) is 0 Å². The Morgan fingerprint density at radius 3 is 2.44 bits per heavy atom. The van der Waals surface area contributed by atoms with Gasteiger partial charge < -0.3 is 4.74 Å². The third-order valence-corrected chi connectivity index (χ3v) is 3.03. The Balaban J connectivity index is 2.65. The summed E-state index contributed by atoms with van der Waals surface area (Å²) in [7, 11) is 1.65. The van der Waals surface area contributed by atoms with Gasteiger partial charge >= 0.3 is 0 Å². The number of unbranched alkanes of at least 4 members (excludes halogenated alkanes) is 3.